The van der Waals surface area contributed by atoms with Gasteiger partial charge in [0.05, 0.1) is 12.2 Å². The number of hydrogen-bond donors (Lipinski definition) is 0. The van der Waals surface area contributed by atoms with E-state index in [-0.39, 0.29) is 5.78 Å². The quantitative estimate of drug-likeness (QED) is 0.684. The van der Waals surface area contributed by atoms with E-state index in [9.17, 15) is 4.79 Å². The topological polar surface area (TPSA) is 35.5 Å². The van der Waals surface area contributed by atoms with E-state index in [0.29, 0.717) is 34.6 Å². The van der Waals surface area contributed by atoms with Crippen molar-refractivity contribution in [2.75, 3.05) is 6.61 Å². The number of rotatable bonds is 5. The van der Waals surface area contributed by atoms with E-state index >= 15 is 0 Å². The van der Waals surface area contributed by atoms with E-state index in [4.69, 9.17) is 21.1 Å². The molecular weight excluding hydrogens is 324 g/mol. The Hall–Kier alpha value is -2.26. The minimum Gasteiger partial charge on any atom is -0.494 e. The average Bonchev–Trinajstić information content (AvgIpc) is 2.85. The minimum atomic E-state index is -0.148. The number of Topliss-reactive ketones (excluding diaryl/α,β-unsaturated/α-hetero) is 1. The summed E-state index contributed by atoms with van der Waals surface area (Å²) in [4.78, 5) is 12.3. The number of halogens is 1. The number of ketones is 1. The molecular formula is C20H19ClO3. The van der Waals surface area contributed by atoms with Crippen molar-refractivity contribution in [3.8, 4) is 11.5 Å². The van der Waals surface area contributed by atoms with Gasteiger partial charge in [-0.3, -0.25) is 4.79 Å². The van der Waals surface area contributed by atoms with Crippen LogP contribution >= 0.6 is 11.6 Å². The van der Waals surface area contributed by atoms with Crippen LogP contribution in [-0.4, -0.2) is 12.4 Å². The molecule has 4 heteroatoms. The van der Waals surface area contributed by atoms with Crippen LogP contribution in [0.4, 0.5) is 0 Å². The van der Waals surface area contributed by atoms with Gasteiger partial charge in [0.2, 0.25) is 5.78 Å². The van der Waals surface area contributed by atoms with Crippen molar-refractivity contribution >= 4 is 23.5 Å². The molecule has 0 saturated heterocycles. The molecule has 1 heterocycles. The van der Waals surface area contributed by atoms with Gasteiger partial charge in [-0.1, -0.05) is 37.6 Å². The number of carbonyl (C=O) groups excluding carboxylic acids is 1. The third kappa shape index (κ3) is 3.80. The lowest BCUT2D eigenvalue weighted by Crippen LogP contribution is -2.01. The van der Waals surface area contributed by atoms with Gasteiger partial charge in [-0.2, -0.15) is 0 Å². The van der Waals surface area contributed by atoms with Crippen molar-refractivity contribution in [2.45, 2.75) is 20.3 Å². The van der Waals surface area contributed by atoms with Crippen molar-refractivity contribution in [3.05, 3.63) is 64.4 Å². The molecule has 124 valence electrons. The van der Waals surface area contributed by atoms with Crippen LogP contribution in [0.15, 0.2) is 48.2 Å². The maximum atomic E-state index is 12.3. The first-order valence-electron chi connectivity index (χ1n) is 7.99. The van der Waals surface area contributed by atoms with E-state index < -0.39 is 0 Å². The van der Waals surface area contributed by atoms with Gasteiger partial charge < -0.3 is 9.47 Å². The average molecular weight is 343 g/mol. The number of fused-ring (bicyclic) bond motifs is 1. The molecule has 0 radical (unpaired) electrons. The number of hydrogen-bond acceptors (Lipinski definition) is 3. The molecule has 1 aliphatic heterocycles. The van der Waals surface area contributed by atoms with Crippen molar-refractivity contribution < 1.29 is 14.3 Å². The molecule has 2 aromatic carbocycles. The molecule has 0 aliphatic carbocycles. The summed E-state index contributed by atoms with van der Waals surface area (Å²) in [5.41, 5.74) is 1.39. The van der Waals surface area contributed by atoms with Gasteiger partial charge in [0.1, 0.15) is 11.5 Å². The van der Waals surface area contributed by atoms with Gasteiger partial charge in [-0.05, 0) is 54.3 Å². The smallest absolute Gasteiger partial charge is 0.232 e. The zero-order valence-electron chi connectivity index (χ0n) is 13.7. The molecule has 0 atom stereocenters. The van der Waals surface area contributed by atoms with Crippen LogP contribution in [0, 0.1) is 5.92 Å². The van der Waals surface area contributed by atoms with E-state index in [1.807, 2.05) is 24.3 Å². The predicted octanol–water partition coefficient (Wildman–Crippen LogP) is 5.38. The zero-order valence-corrected chi connectivity index (χ0v) is 14.5. The molecule has 0 unspecified atom stereocenters. The number of carbonyl (C=O) groups is 1. The Morgan fingerprint density at radius 1 is 1.17 bits per heavy atom. The Morgan fingerprint density at radius 3 is 2.62 bits per heavy atom. The summed E-state index contributed by atoms with van der Waals surface area (Å²) in [7, 11) is 0. The molecule has 3 nitrogen and oxygen atoms in total. The Labute approximate surface area is 146 Å². The predicted molar refractivity (Wildman–Crippen MR) is 95.8 cm³/mol. The summed E-state index contributed by atoms with van der Waals surface area (Å²) in [6.07, 6.45) is 2.75. The lowest BCUT2D eigenvalue weighted by molar-refractivity contribution is 0.101. The fraction of sp³-hybridized carbons (Fsp3) is 0.250. The SMILES string of the molecule is CC(C)CCOc1ccc(/C=C2\Oc3ccc(Cl)cc3C2=O)cc1. The molecule has 3 rings (SSSR count). The zero-order chi connectivity index (χ0) is 17.1. The van der Waals surface area contributed by atoms with Gasteiger partial charge in [0.25, 0.3) is 0 Å². The second-order valence-electron chi connectivity index (χ2n) is 6.18. The first kappa shape index (κ1) is 16.6. The highest BCUT2D eigenvalue weighted by Crippen LogP contribution is 2.33. The fourth-order valence-corrected chi connectivity index (χ4v) is 2.56. The lowest BCUT2D eigenvalue weighted by Gasteiger charge is -2.08. The van der Waals surface area contributed by atoms with Crippen molar-refractivity contribution in [3.63, 3.8) is 0 Å². The second-order valence-corrected chi connectivity index (χ2v) is 6.62. The van der Waals surface area contributed by atoms with E-state index in [1.54, 1.807) is 24.3 Å². The highest BCUT2D eigenvalue weighted by atomic mass is 35.5. The standard InChI is InChI=1S/C20H19ClO3/c1-13(2)9-10-23-16-6-3-14(4-7-16)11-19-20(22)17-12-15(21)5-8-18(17)24-19/h3-8,11-13H,9-10H2,1-2H3/b19-11-. The van der Waals surface area contributed by atoms with Gasteiger partial charge in [0.15, 0.2) is 5.76 Å². The summed E-state index contributed by atoms with van der Waals surface area (Å²) in [6.45, 7) is 5.04. The monoisotopic (exact) mass is 342 g/mol. The van der Waals surface area contributed by atoms with Gasteiger partial charge in [-0.25, -0.2) is 0 Å². The molecule has 0 saturated carbocycles. The number of ether oxygens (including phenoxy) is 2. The molecule has 0 aromatic heterocycles. The second kappa shape index (κ2) is 7.10. The Balaban J connectivity index is 1.70. The molecule has 24 heavy (non-hydrogen) atoms. The summed E-state index contributed by atoms with van der Waals surface area (Å²) in [6, 6.07) is 12.7. The summed E-state index contributed by atoms with van der Waals surface area (Å²) in [5.74, 6) is 2.15. The van der Waals surface area contributed by atoms with Crippen molar-refractivity contribution in [2.24, 2.45) is 5.92 Å². The molecule has 0 N–H and O–H groups in total. The van der Waals surface area contributed by atoms with Crippen LogP contribution in [0.2, 0.25) is 5.02 Å². The third-order valence-corrected chi connectivity index (χ3v) is 4.01. The Morgan fingerprint density at radius 2 is 1.92 bits per heavy atom. The first-order valence-corrected chi connectivity index (χ1v) is 8.37. The number of benzene rings is 2. The molecule has 0 spiro atoms. The molecule has 0 bridgehead atoms. The van der Waals surface area contributed by atoms with Crippen LogP contribution in [0.3, 0.4) is 0 Å². The van der Waals surface area contributed by atoms with Crippen LogP contribution in [0.5, 0.6) is 11.5 Å². The normalized spacial score (nSPS) is 14.8. The van der Waals surface area contributed by atoms with Gasteiger partial charge >= 0.3 is 0 Å². The van der Waals surface area contributed by atoms with E-state index in [2.05, 4.69) is 13.8 Å². The summed E-state index contributed by atoms with van der Waals surface area (Å²) in [5, 5.41) is 0.523. The van der Waals surface area contributed by atoms with Crippen LogP contribution < -0.4 is 9.47 Å². The highest BCUT2D eigenvalue weighted by molar-refractivity contribution is 6.31. The maximum Gasteiger partial charge on any atom is 0.232 e. The van der Waals surface area contributed by atoms with E-state index in [0.717, 1.165) is 17.7 Å². The van der Waals surface area contributed by atoms with Gasteiger partial charge in [-0.15, -0.1) is 0 Å². The Kier molecular flexibility index (Phi) is 4.91. The fourth-order valence-electron chi connectivity index (χ4n) is 2.39. The van der Waals surface area contributed by atoms with Crippen molar-refractivity contribution in [1.29, 1.82) is 0 Å². The van der Waals surface area contributed by atoms with Crippen LogP contribution in [0.25, 0.3) is 6.08 Å². The van der Waals surface area contributed by atoms with E-state index in [1.165, 1.54) is 0 Å². The highest BCUT2D eigenvalue weighted by Gasteiger charge is 2.27. The van der Waals surface area contributed by atoms with Crippen LogP contribution in [0.1, 0.15) is 36.2 Å². The maximum absolute atomic E-state index is 12.3. The Bertz CT molecular complexity index is 776. The largest absolute Gasteiger partial charge is 0.494 e. The molecule has 0 amide bonds. The lowest BCUT2D eigenvalue weighted by atomic mass is 10.1. The van der Waals surface area contributed by atoms with Gasteiger partial charge in [0, 0.05) is 5.02 Å². The number of allylic oxidation sites excluding steroid dienone is 1. The van der Waals surface area contributed by atoms with Crippen LogP contribution in [-0.2, 0) is 0 Å². The first-order chi connectivity index (χ1) is 11.5. The molecule has 0 fully saturated rings. The minimum absolute atomic E-state index is 0.148. The van der Waals surface area contributed by atoms with Crippen molar-refractivity contribution in [1.82, 2.24) is 0 Å². The molecule has 1 aliphatic rings. The summed E-state index contributed by atoms with van der Waals surface area (Å²) >= 11 is 5.93. The summed E-state index contributed by atoms with van der Waals surface area (Å²) < 4.78 is 11.3. The third-order valence-electron chi connectivity index (χ3n) is 3.77. The molecule has 2 aromatic rings.